The van der Waals surface area contributed by atoms with Crippen molar-refractivity contribution >= 4 is 6.03 Å². The first kappa shape index (κ1) is 18.7. The van der Waals surface area contributed by atoms with Gasteiger partial charge in [0.2, 0.25) is 0 Å². The number of nitrogens with zero attached hydrogens (tertiary/aromatic N) is 2. The third-order valence-electron chi connectivity index (χ3n) is 6.44. The van der Waals surface area contributed by atoms with Crippen LogP contribution in [-0.4, -0.2) is 79.5 Å². The van der Waals surface area contributed by atoms with Crippen molar-refractivity contribution in [1.82, 2.24) is 15.1 Å². The summed E-state index contributed by atoms with van der Waals surface area (Å²) in [5.41, 5.74) is 1.53. The maximum atomic E-state index is 12.5. The summed E-state index contributed by atoms with van der Waals surface area (Å²) in [6.45, 7) is 4.16. The molecule has 0 aromatic heterocycles. The van der Waals surface area contributed by atoms with Gasteiger partial charge in [0.15, 0.2) is 0 Å². The molecule has 3 aliphatic rings. The van der Waals surface area contributed by atoms with Crippen molar-refractivity contribution < 1.29 is 14.6 Å². The zero-order valence-corrected chi connectivity index (χ0v) is 16.1. The summed E-state index contributed by atoms with van der Waals surface area (Å²) in [5.74, 6) is 0.630. The number of aliphatic hydroxyl groups excluding tert-OH is 1. The molecule has 2 N–H and O–H groups in total. The minimum atomic E-state index is -0.341. The molecule has 6 heteroatoms. The summed E-state index contributed by atoms with van der Waals surface area (Å²) in [5, 5.41) is 13.2. The fraction of sp³-hybridized carbons (Fsp3) is 0.667. The van der Waals surface area contributed by atoms with Gasteiger partial charge in [-0.3, -0.25) is 0 Å². The normalized spacial score (nSPS) is 27.3. The highest BCUT2D eigenvalue weighted by atomic mass is 16.5. The van der Waals surface area contributed by atoms with Gasteiger partial charge >= 0.3 is 6.03 Å². The maximum absolute atomic E-state index is 12.5. The number of urea groups is 1. The van der Waals surface area contributed by atoms with Gasteiger partial charge in [-0.1, -0.05) is 30.3 Å². The number of hydrogen-bond donors (Lipinski definition) is 2. The third-order valence-corrected chi connectivity index (χ3v) is 6.44. The molecule has 6 nitrogen and oxygen atoms in total. The Balaban J connectivity index is 1.27. The van der Waals surface area contributed by atoms with Crippen molar-refractivity contribution in [3.63, 3.8) is 0 Å². The zero-order valence-electron chi connectivity index (χ0n) is 16.1. The van der Waals surface area contributed by atoms with Crippen molar-refractivity contribution in [2.45, 2.75) is 37.3 Å². The first-order valence-electron chi connectivity index (χ1n) is 10.1. The average molecular weight is 373 g/mol. The lowest BCUT2D eigenvalue weighted by Gasteiger charge is -2.45. The number of piperidine rings is 1. The number of aliphatic hydroxyl groups is 1. The molecular weight excluding hydrogens is 342 g/mol. The molecule has 2 amide bonds. The van der Waals surface area contributed by atoms with Gasteiger partial charge in [-0.25, -0.2) is 4.79 Å². The predicted molar refractivity (Wildman–Crippen MR) is 104 cm³/mol. The second-order valence-electron chi connectivity index (χ2n) is 8.50. The first-order valence-corrected chi connectivity index (χ1v) is 10.1. The summed E-state index contributed by atoms with van der Waals surface area (Å²) in [4.78, 5) is 16.1. The molecule has 0 bridgehead atoms. The Labute approximate surface area is 161 Å². The SMILES string of the molecule is COCC1(CN[C@@H]2C[C@@H]2c2ccccc2)CCN(C(=O)N2CC(O)C2)CC1. The summed E-state index contributed by atoms with van der Waals surface area (Å²) in [6, 6.07) is 11.4. The first-order chi connectivity index (χ1) is 13.1. The molecule has 148 valence electrons. The van der Waals surface area contributed by atoms with Crippen molar-refractivity contribution in [2.75, 3.05) is 46.4 Å². The Morgan fingerprint density at radius 2 is 1.93 bits per heavy atom. The van der Waals surface area contributed by atoms with Crippen LogP contribution in [0, 0.1) is 5.41 Å². The van der Waals surface area contributed by atoms with E-state index < -0.39 is 0 Å². The number of benzene rings is 1. The lowest BCUT2D eigenvalue weighted by Crippen LogP contribution is -2.59. The minimum Gasteiger partial charge on any atom is -0.389 e. The van der Waals surface area contributed by atoms with Gasteiger partial charge in [-0.15, -0.1) is 0 Å². The molecule has 2 atom stereocenters. The molecule has 0 spiro atoms. The molecule has 2 aliphatic heterocycles. The van der Waals surface area contributed by atoms with E-state index in [4.69, 9.17) is 4.74 Å². The highest BCUT2D eigenvalue weighted by molar-refractivity contribution is 5.75. The van der Waals surface area contributed by atoms with Gasteiger partial charge < -0.3 is 25.0 Å². The van der Waals surface area contributed by atoms with Crippen LogP contribution in [0.5, 0.6) is 0 Å². The number of carbonyl (C=O) groups is 1. The molecule has 1 aromatic rings. The van der Waals surface area contributed by atoms with Crippen molar-refractivity contribution in [3.05, 3.63) is 35.9 Å². The van der Waals surface area contributed by atoms with E-state index in [1.54, 1.807) is 12.0 Å². The predicted octanol–water partition coefficient (Wildman–Crippen LogP) is 1.66. The number of β-amino-alcohol motifs (C(OH)–C–C–N with tert-alkyl or cyclic N) is 1. The molecule has 2 heterocycles. The summed E-state index contributed by atoms with van der Waals surface area (Å²) >= 11 is 0. The molecule has 27 heavy (non-hydrogen) atoms. The number of likely N-dealkylation sites (tertiary alicyclic amines) is 2. The van der Waals surface area contributed by atoms with Crippen LogP contribution in [0.3, 0.4) is 0 Å². The highest BCUT2D eigenvalue weighted by Crippen LogP contribution is 2.42. The smallest absolute Gasteiger partial charge is 0.320 e. The Morgan fingerprint density at radius 3 is 2.56 bits per heavy atom. The largest absolute Gasteiger partial charge is 0.389 e. The maximum Gasteiger partial charge on any atom is 0.320 e. The van der Waals surface area contributed by atoms with E-state index in [2.05, 4.69) is 35.6 Å². The fourth-order valence-electron chi connectivity index (χ4n) is 4.50. The summed E-state index contributed by atoms with van der Waals surface area (Å²) < 4.78 is 5.55. The Kier molecular flexibility index (Phi) is 5.39. The van der Waals surface area contributed by atoms with E-state index in [1.165, 1.54) is 12.0 Å². The highest BCUT2D eigenvalue weighted by Gasteiger charge is 2.42. The van der Waals surface area contributed by atoms with E-state index in [9.17, 15) is 9.90 Å². The number of nitrogens with one attached hydrogen (secondary N) is 1. The Hall–Kier alpha value is -1.63. The molecule has 2 saturated heterocycles. The molecule has 1 aliphatic carbocycles. The van der Waals surface area contributed by atoms with Crippen molar-refractivity contribution in [3.8, 4) is 0 Å². The topological polar surface area (TPSA) is 65.0 Å². The van der Waals surface area contributed by atoms with Gasteiger partial charge in [0.25, 0.3) is 0 Å². The van der Waals surface area contributed by atoms with Crippen LogP contribution in [0.15, 0.2) is 30.3 Å². The molecule has 0 radical (unpaired) electrons. The van der Waals surface area contributed by atoms with Gasteiger partial charge in [0.1, 0.15) is 0 Å². The average Bonchev–Trinajstić information content (AvgIpc) is 3.45. The molecule has 1 aromatic carbocycles. The van der Waals surface area contributed by atoms with Crippen molar-refractivity contribution in [1.29, 1.82) is 0 Å². The van der Waals surface area contributed by atoms with Crippen LogP contribution in [-0.2, 0) is 4.74 Å². The Morgan fingerprint density at radius 1 is 1.22 bits per heavy atom. The lowest BCUT2D eigenvalue weighted by molar-refractivity contribution is -0.00302. The van der Waals surface area contributed by atoms with E-state index in [0.717, 1.165) is 39.1 Å². The minimum absolute atomic E-state index is 0.0746. The van der Waals surface area contributed by atoms with Gasteiger partial charge in [0.05, 0.1) is 25.8 Å². The number of rotatable bonds is 6. The van der Waals surface area contributed by atoms with Crippen LogP contribution in [0.1, 0.15) is 30.7 Å². The monoisotopic (exact) mass is 373 g/mol. The van der Waals surface area contributed by atoms with Crippen LogP contribution in [0.4, 0.5) is 4.79 Å². The molecular formula is C21H31N3O3. The van der Waals surface area contributed by atoms with Gasteiger partial charge in [-0.2, -0.15) is 0 Å². The Bertz CT molecular complexity index is 639. The van der Waals surface area contributed by atoms with E-state index in [0.29, 0.717) is 25.0 Å². The number of amides is 2. The van der Waals surface area contributed by atoms with Crippen molar-refractivity contribution in [2.24, 2.45) is 5.41 Å². The molecule has 3 fully saturated rings. The third kappa shape index (κ3) is 4.13. The van der Waals surface area contributed by atoms with Gasteiger partial charge in [-0.05, 0) is 24.8 Å². The second-order valence-corrected chi connectivity index (χ2v) is 8.50. The summed E-state index contributed by atoms with van der Waals surface area (Å²) in [6.07, 6.45) is 2.78. The second kappa shape index (κ2) is 7.78. The van der Waals surface area contributed by atoms with E-state index >= 15 is 0 Å². The fourth-order valence-corrected chi connectivity index (χ4v) is 4.50. The number of ether oxygens (including phenoxy) is 1. The van der Waals surface area contributed by atoms with Crippen LogP contribution >= 0.6 is 0 Å². The molecule has 1 saturated carbocycles. The standard InChI is InChI=1S/C21H31N3O3/c1-27-15-21(14-22-19-11-18(19)16-5-3-2-4-6-16)7-9-23(10-8-21)20(26)24-12-17(25)13-24/h2-6,17-19,22,25H,7-15H2,1H3/t18-,19-/m1/s1. The lowest BCUT2D eigenvalue weighted by atomic mass is 9.79. The van der Waals surface area contributed by atoms with E-state index in [-0.39, 0.29) is 17.6 Å². The van der Waals surface area contributed by atoms with Crippen LogP contribution < -0.4 is 5.32 Å². The zero-order chi connectivity index (χ0) is 18.9. The van der Waals surface area contributed by atoms with Crippen LogP contribution in [0.2, 0.25) is 0 Å². The van der Waals surface area contributed by atoms with Gasteiger partial charge in [0, 0.05) is 44.1 Å². The van der Waals surface area contributed by atoms with E-state index in [1.807, 2.05) is 4.90 Å². The summed E-state index contributed by atoms with van der Waals surface area (Å²) in [7, 11) is 1.77. The quantitative estimate of drug-likeness (QED) is 0.796. The van der Waals surface area contributed by atoms with Crippen LogP contribution in [0.25, 0.3) is 0 Å². The molecule has 0 unspecified atom stereocenters. The number of carbonyl (C=O) groups excluding carboxylic acids is 1. The molecule has 4 rings (SSSR count). The number of hydrogen-bond acceptors (Lipinski definition) is 4. The number of methoxy groups -OCH3 is 1.